The second kappa shape index (κ2) is 50.9. The van der Waals surface area contributed by atoms with Crippen molar-refractivity contribution in [3.8, 4) is 11.5 Å². The summed E-state index contributed by atoms with van der Waals surface area (Å²) in [5.74, 6) is -16.2. The summed E-state index contributed by atoms with van der Waals surface area (Å²) in [6.07, 6.45) is -3.80. The van der Waals surface area contributed by atoms with E-state index in [4.69, 9.17) is 22.9 Å². The van der Waals surface area contributed by atoms with Crippen molar-refractivity contribution in [3.63, 3.8) is 0 Å². The van der Waals surface area contributed by atoms with E-state index in [2.05, 4.69) is 74.1 Å². The van der Waals surface area contributed by atoms with Crippen LogP contribution in [0.3, 0.4) is 0 Å². The van der Waals surface area contributed by atoms with Gasteiger partial charge in [0.15, 0.2) is 0 Å². The molecule has 6 aromatic carbocycles. The Balaban J connectivity index is 1.15. The van der Waals surface area contributed by atoms with Crippen LogP contribution >= 0.6 is 0 Å². The number of aromatic nitrogens is 1. The molecule has 1 heterocycles. The average Bonchev–Trinajstić information content (AvgIpc) is 1.68. The molecule has 1 aromatic heterocycles. The van der Waals surface area contributed by atoms with Gasteiger partial charge in [-0.3, -0.25) is 67.1 Å². The average molecular weight is 1760 g/mol. The number of nitrogens with two attached hydrogens (primary N) is 4. The van der Waals surface area contributed by atoms with Crippen molar-refractivity contribution in [2.75, 3.05) is 26.2 Å². The number of primary amides is 1. The minimum Gasteiger partial charge on any atom is -0.508 e. The molecule has 0 saturated heterocycles. The maximum atomic E-state index is 15.5. The van der Waals surface area contributed by atoms with E-state index in [0.717, 1.165) is 13.8 Å². The fraction of sp³-hybridized carbons (Fsp3) is 0.398. The number of aliphatic hydroxyl groups is 3. The Labute approximate surface area is 732 Å². The molecule has 7 rings (SSSR count). The normalized spacial score (nSPS) is 14.7. The van der Waals surface area contributed by atoms with E-state index in [1.807, 2.05) is 0 Å². The van der Waals surface area contributed by atoms with Gasteiger partial charge in [0, 0.05) is 55.6 Å². The van der Waals surface area contributed by atoms with E-state index in [1.54, 1.807) is 121 Å². The minimum atomic E-state index is -1.94. The topological polar surface area (TPSA) is 654 Å². The van der Waals surface area contributed by atoms with Gasteiger partial charge in [0.25, 0.3) is 0 Å². The van der Waals surface area contributed by atoms with Crippen LogP contribution in [0.15, 0.2) is 170 Å². The maximum Gasteiger partial charge on any atom is 0.326 e. The van der Waals surface area contributed by atoms with Crippen molar-refractivity contribution >= 4 is 99.6 Å². The summed E-state index contributed by atoms with van der Waals surface area (Å²) in [5, 5.41) is 95.6. The Morgan fingerprint density at radius 3 is 1.09 bits per heavy atom. The number of phenols is 2. The summed E-state index contributed by atoms with van der Waals surface area (Å²) >= 11 is 0. The first-order valence-electron chi connectivity index (χ1n) is 41.4. The number of hydrogen-bond donors (Lipinski definition) is 24. The van der Waals surface area contributed by atoms with E-state index in [9.17, 15) is 88.2 Å². The predicted molar refractivity (Wildman–Crippen MR) is 464 cm³/mol. The molecular formula is C88H114N18O21. The second-order valence-corrected chi connectivity index (χ2v) is 30.8. The first-order chi connectivity index (χ1) is 60.6. The summed E-state index contributed by atoms with van der Waals surface area (Å²) in [4.78, 5) is 216. The number of carbonyl (C=O) groups is 15. The molecule has 0 fully saturated rings. The standard InChI is InChI=1S/C88H114N18O21/c1-49(91)76(114)94-47-73(113)95-64(42-55-29-33-58(110)34-30-55)79(117)96-62(27-15-17-37-89)77(115)101-69(45-72(92)112)83(121)99-65(39-52-19-7-4-8-20-52)80(118)98-66(40-53-21-9-5-10-22-53)81(119)100-68(44-57-46-93-61-26-14-13-25-60(57)61)82(120)97-63(28-16-18-38-90)78(116)105-74(50(2)108)86(124)102-67(41-54-23-11-6-12-24-54)84(122)106-75(51(3)109)87(125)104-71(48-107)85(123)103-70(88(126)127)43-56-31-35-59(111)36-32-56/h4-14,19-26,29-36,46,49-51,62-71,74-75,93,107-111H,15-18,27-28,37-45,47-48,89-91H2,1-3H3,(H2,92,112)(H,94,114)(H,95,113)(H,96,117)(H,97,120)(H,98,118)(H,99,121)(H,100,119)(H,101,115)(H,102,124)(H,103,123)(H,104,125)(H,105,116)(H,106,122)(H,126,127)/t49-,50+,51+,62-,63-,64-,65-,66-,67-,68-,69-,70-,71-,74-,75-/m0/s1. The van der Waals surface area contributed by atoms with Crippen molar-refractivity contribution in [2.45, 2.75) is 195 Å². The fourth-order valence-corrected chi connectivity index (χ4v) is 13.5. The van der Waals surface area contributed by atoms with Crippen LogP contribution in [0.25, 0.3) is 10.9 Å². The number of aromatic amines is 1. The third-order valence-electron chi connectivity index (χ3n) is 20.5. The number of phenolic OH excluding ortho intramolecular Hbond substituents is 2. The van der Waals surface area contributed by atoms with E-state index in [0.29, 0.717) is 50.7 Å². The van der Waals surface area contributed by atoms with Crippen molar-refractivity contribution in [1.82, 2.24) is 74.1 Å². The lowest BCUT2D eigenvalue weighted by Gasteiger charge is -2.29. The molecule has 0 aliphatic heterocycles. The Bertz CT molecular complexity index is 4850. The van der Waals surface area contributed by atoms with Gasteiger partial charge < -0.3 is 128 Å². The Hall–Kier alpha value is -13.7. The molecule has 14 amide bonds. The number of benzene rings is 6. The number of carboxylic acids is 1. The van der Waals surface area contributed by atoms with Crippen LogP contribution in [-0.4, -0.2) is 241 Å². The first-order valence-corrected chi connectivity index (χ1v) is 41.4. The van der Waals surface area contributed by atoms with E-state index in [-0.39, 0.29) is 95.2 Å². The summed E-state index contributed by atoms with van der Waals surface area (Å²) in [5.41, 5.74) is 26.4. The monoisotopic (exact) mass is 1760 g/mol. The number of hydrogen-bond acceptors (Lipinski definition) is 23. The maximum absolute atomic E-state index is 15.5. The smallest absolute Gasteiger partial charge is 0.326 e. The lowest BCUT2D eigenvalue weighted by atomic mass is 10.00. The number of unbranched alkanes of at least 4 members (excludes halogenated alkanes) is 2. The number of aliphatic carboxylic acids is 1. The van der Waals surface area contributed by atoms with Gasteiger partial charge in [-0.15, -0.1) is 0 Å². The molecule has 0 unspecified atom stereocenters. The number of H-pyrrole nitrogens is 1. The Kier molecular flexibility index (Phi) is 40.2. The highest BCUT2D eigenvalue weighted by molar-refractivity contribution is 6.01. The van der Waals surface area contributed by atoms with Crippen molar-refractivity contribution in [2.24, 2.45) is 22.9 Å². The molecule has 7 aromatic rings. The Morgan fingerprint density at radius 1 is 0.362 bits per heavy atom. The zero-order valence-electron chi connectivity index (χ0n) is 70.5. The van der Waals surface area contributed by atoms with Gasteiger partial charge in [0.2, 0.25) is 82.7 Å². The van der Waals surface area contributed by atoms with Gasteiger partial charge in [-0.05, 0) is 136 Å². The lowest BCUT2D eigenvalue weighted by Crippen LogP contribution is -2.63. The molecule has 0 radical (unpaired) electrons. The predicted octanol–water partition coefficient (Wildman–Crippen LogP) is -3.41. The van der Waals surface area contributed by atoms with Crippen LogP contribution in [0, 0.1) is 0 Å². The fourth-order valence-electron chi connectivity index (χ4n) is 13.5. The molecule has 0 bridgehead atoms. The molecule has 0 aliphatic rings. The molecule has 0 aliphatic carbocycles. The summed E-state index contributed by atoms with van der Waals surface area (Å²) in [6.45, 7) is 2.20. The third-order valence-corrected chi connectivity index (χ3v) is 20.5. The number of aliphatic hydroxyl groups excluding tert-OH is 3. The van der Waals surface area contributed by atoms with Crippen molar-refractivity contribution < 1.29 is 103 Å². The zero-order valence-corrected chi connectivity index (χ0v) is 70.5. The summed E-state index contributed by atoms with van der Waals surface area (Å²) < 4.78 is 0. The van der Waals surface area contributed by atoms with Gasteiger partial charge in [0.1, 0.15) is 84.0 Å². The van der Waals surface area contributed by atoms with E-state index in [1.165, 1.54) is 55.5 Å². The number of nitrogens with one attached hydrogen (secondary N) is 14. The van der Waals surface area contributed by atoms with Crippen LogP contribution in [0.4, 0.5) is 0 Å². The van der Waals surface area contributed by atoms with Gasteiger partial charge in [-0.2, -0.15) is 0 Å². The highest BCUT2D eigenvalue weighted by Gasteiger charge is 2.40. The van der Waals surface area contributed by atoms with Gasteiger partial charge in [-0.25, -0.2) is 4.79 Å². The first kappa shape index (κ1) is 100. The molecule has 28 N–H and O–H groups in total. The summed E-state index contributed by atoms with van der Waals surface area (Å²) in [7, 11) is 0. The van der Waals surface area contributed by atoms with Crippen LogP contribution in [0.2, 0.25) is 0 Å². The van der Waals surface area contributed by atoms with Crippen LogP contribution < -0.4 is 92.1 Å². The SMILES string of the molecule is C[C@H](N)C(=O)NCC(=O)N[C@@H](Cc1ccc(O)cc1)C(=O)N[C@@H](CCCCN)C(=O)N[C@@H](CC(N)=O)C(=O)N[C@@H](Cc1ccccc1)C(=O)N[C@@H](Cc1ccccc1)C(=O)N[C@@H](Cc1c[nH]c2ccccc12)C(=O)N[C@@H](CCCCN)C(=O)N[C@H](C(=O)N[C@@H](Cc1ccccc1)C(=O)N[C@H](C(=O)N[C@@H](CO)C(=O)N[C@@H](Cc1ccc(O)cc1)C(=O)O)[C@@H](C)O)[C@@H](C)O. The number of carbonyl (C=O) groups excluding carboxylic acids is 14. The molecular weight excluding hydrogens is 1650 g/mol. The zero-order chi connectivity index (χ0) is 92.8. The van der Waals surface area contributed by atoms with Crippen LogP contribution in [0.5, 0.6) is 11.5 Å². The number of amides is 14. The molecule has 15 atom stereocenters. The van der Waals surface area contributed by atoms with Gasteiger partial charge >= 0.3 is 5.97 Å². The third kappa shape index (κ3) is 33.0. The molecule has 39 heteroatoms. The Morgan fingerprint density at radius 2 is 0.685 bits per heavy atom. The van der Waals surface area contributed by atoms with Gasteiger partial charge in [-0.1, -0.05) is 133 Å². The van der Waals surface area contributed by atoms with Gasteiger partial charge in [0.05, 0.1) is 37.8 Å². The highest BCUT2D eigenvalue weighted by atomic mass is 16.4. The number of rotatable bonds is 52. The largest absolute Gasteiger partial charge is 0.508 e. The van der Waals surface area contributed by atoms with Crippen molar-refractivity contribution in [3.05, 3.63) is 203 Å². The molecule has 682 valence electrons. The number of fused-ring (bicyclic) bond motifs is 1. The molecule has 127 heavy (non-hydrogen) atoms. The quantitative estimate of drug-likeness (QED) is 0.0165. The number of aromatic hydroxyl groups is 2. The highest BCUT2D eigenvalue weighted by Crippen LogP contribution is 2.22. The van der Waals surface area contributed by atoms with Crippen LogP contribution in [-0.2, 0) is 110 Å². The minimum absolute atomic E-state index is 0.102. The lowest BCUT2D eigenvalue weighted by molar-refractivity contribution is -0.142. The van der Waals surface area contributed by atoms with E-state index < -0.39 is 199 Å². The van der Waals surface area contributed by atoms with E-state index >= 15 is 14.4 Å². The summed E-state index contributed by atoms with van der Waals surface area (Å²) in [6, 6.07) is 21.4. The second-order valence-electron chi connectivity index (χ2n) is 30.8. The molecule has 39 nitrogen and oxygen atoms in total. The van der Waals surface area contributed by atoms with Crippen LogP contribution in [0.1, 0.15) is 99.1 Å². The van der Waals surface area contributed by atoms with Crippen molar-refractivity contribution in [1.29, 1.82) is 0 Å². The number of carboxylic acid groups (broad SMARTS) is 1. The molecule has 0 spiro atoms. The molecule has 0 saturated carbocycles. The number of para-hydroxylation sites is 1.